The summed E-state index contributed by atoms with van der Waals surface area (Å²) in [7, 11) is 1.69. The van der Waals surface area contributed by atoms with E-state index in [4.69, 9.17) is 4.74 Å². The normalized spacial score (nSPS) is 14.9. The predicted octanol–water partition coefficient (Wildman–Crippen LogP) is 3.78. The lowest BCUT2D eigenvalue weighted by Crippen LogP contribution is -2.40. The zero-order valence-electron chi connectivity index (χ0n) is 19.0. The van der Waals surface area contributed by atoms with Crippen molar-refractivity contribution in [2.24, 2.45) is 5.92 Å². The molecule has 1 aromatic heterocycles. The first-order valence-electron chi connectivity index (χ1n) is 11.3. The standard InChI is InChI=1S/C26H32N4O2/c1-20-27-11-14-30(20)19-22-6-3-5-21(15-22)17-28-26(31)24-9-12-29(13-10-24)18-23-7-4-8-25(16-23)32-2/h3-8,11,14-16,24H,9-10,12-13,17-19H2,1-2H3,(H,28,31). The fraction of sp³-hybridized carbons (Fsp3) is 0.385. The van der Waals surface area contributed by atoms with Crippen LogP contribution in [0.2, 0.25) is 0 Å². The average molecular weight is 433 g/mol. The number of imidazole rings is 1. The Morgan fingerprint density at radius 3 is 2.50 bits per heavy atom. The van der Waals surface area contributed by atoms with Crippen molar-refractivity contribution in [2.45, 2.75) is 39.4 Å². The van der Waals surface area contributed by atoms with E-state index in [2.05, 4.69) is 56.2 Å². The van der Waals surface area contributed by atoms with Gasteiger partial charge in [0.15, 0.2) is 0 Å². The van der Waals surface area contributed by atoms with E-state index in [1.54, 1.807) is 7.11 Å². The van der Waals surface area contributed by atoms with Crippen molar-refractivity contribution in [3.05, 3.63) is 83.4 Å². The molecule has 1 fully saturated rings. The van der Waals surface area contributed by atoms with Crippen LogP contribution < -0.4 is 10.1 Å². The molecular weight excluding hydrogens is 400 g/mol. The molecule has 6 nitrogen and oxygen atoms in total. The van der Waals surface area contributed by atoms with Crippen LogP contribution >= 0.6 is 0 Å². The Morgan fingerprint density at radius 2 is 1.78 bits per heavy atom. The summed E-state index contributed by atoms with van der Waals surface area (Å²) < 4.78 is 7.44. The summed E-state index contributed by atoms with van der Waals surface area (Å²) in [5.41, 5.74) is 3.59. The van der Waals surface area contributed by atoms with Gasteiger partial charge in [0.05, 0.1) is 7.11 Å². The Kier molecular flexibility index (Phi) is 7.22. The summed E-state index contributed by atoms with van der Waals surface area (Å²) in [4.78, 5) is 19.4. The van der Waals surface area contributed by atoms with Crippen molar-refractivity contribution in [1.82, 2.24) is 19.8 Å². The van der Waals surface area contributed by atoms with Crippen LogP contribution in [0.1, 0.15) is 35.4 Å². The lowest BCUT2D eigenvalue weighted by atomic mass is 9.95. The minimum atomic E-state index is 0.0911. The molecule has 1 saturated heterocycles. The van der Waals surface area contributed by atoms with E-state index in [0.29, 0.717) is 6.54 Å². The number of nitrogens with zero attached hydrogens (tertiary/aromatic N) is 3. The van der Waals surface area contributed by atoms with Crippen LogP contribution in [-0.2, 0) is 24.4 Å². The molecule has 4 rings (SSSR count). The summed E-state index contributed by atoms with van der Waals surface area (Å²) in [6.45, 7) is 6.14. The maximum Gasteiger partial charge on any atom is 0.223 e. The number of nitrogens with one attached hydrogen (secondary N) is 1. The largest absolute Gasteiger partial charge is 0.497 e. The molecule has 1 amide bonds. The Balaban J connectivity index is 1.24. The average Bonchev–Trinajstić information content (AvgIpc) is 3.22. The molecular formula is C26H32N4O2. The molecule has 0 bridgehead atoms. The number of piperidine rings is 1. The summed E-state index contributed by atoms with van der Waals surface area (Å²) in [5, 5.41) is 3.15. The zero-order chi connectivity index (χ0) is 22.3. The minimum absolute atomic E-state index is 0.0911. The van der Waals surface area contributed by atoms with Gasteiger partial charge in [-0.1, -0.05) is 36.4 Å². The molecule has 1 aliphatic heterocycles. The fourth-order valence-corrected chi connectivity index (χ4v) is 4.32. The molecule has 1 aliphatic rings. The highest BCUT2D eigenvalue weighted by Crippen LogP contribution is 2.21. The lowest BCUT2D eigenvalue weighted by molar-refractivity contribution is -0.126. The Labute approximate surface area is 190 Å². The highest BCUT2D eigenvalue weighted by atomic mass is 16.5. The van der Waals surface area contributed by atoms with Crippen LogP contribution in [0.4, 0.5) is 0 Å². The first-order chi connectivity index (χ1) is 15.6. The Hall–Kier alpha value is -3.12. The van der Waals surface area contributed by atoms with Gasteiger partial charge in [-0.25, -0.2) is 4.98 Å². The maximum absolute atomic E-state index is 12.7. The number of carbonyl (C=O) groups excluding carboxylic acids is 1. The predicted molar refractivity (Wildman–Crippen MR) is 125 cm³/mol. The molecule has 6 heteroatoms. The number of carbonyl (C=O) groups is 1. The smallest absolute Gasteiger partial charge is 0.223 e. The number of hydrogen-bond acceptors (Lipinski definition) is 4. The highest BCUT2D eigenvalue weighted by molar-refractivity contribution is 5.78. The lowest BCUT2D eigenvalue weighted by Gasteiger charge is -2.31. The molecule has 2 heterocycles. The van der Waals surface area contributed by atoms with Crippen LogP contribution in [0.5, 0.6) is 5.75 Å². The molecule has 168 valence electrons. The zero-order valence-corrected chi connectivity index (χ0v) is 19.0. The van der Waals surface area contributed by atoms with Gasteiger partial charge in [-0.2, -0.15) is 0 Å². The van der Waals surface area contributed by atoms with E-state index in [0.717, 1.165) is 56.2 Å². The van der Waals surface area contributed by atoms with Gasteiger partial charge in [0.2, 0.25) is 5.91 Å². The van der Waals surface area contributed by atoms with Crippen molar-refractivity contribution in [2.75, 3.05) is 20.2 Å². The van der Waals surface area contributed by atoms with Gasteiger partial charge in [-0.05, 0) is 61.7 Å². The van der Waals surface area contributed by atoms with Crippen molar-refractivity contribution in [1.29, 1.82) is 0 Å². The SMILES string of the molecule is COc1cccc(CN2CCC(C(=O)NCc3cccc(Cn4ccnc4C)c3)CC2)c1. The van der Waals surface area contributed by atoms with E-state index in [1.165, 1.54) is 11.1 Å². The third kappa shape index (κ3) is 5.77. The van der Waals surface area contributed by atoms with Gasteiger partial charge in [-0.15, -0.1) is 0 Å². The summed E-state index contributed by atoms with van der Waals surface area (Å²) in [5.74, 6) is 2.15. The van der Waals surface area contributed by atoms with Gasteiger partial charge in [-0.3, -0.25) is 9.69 Å². The molecule has 0 radical (unpaired) electrons. The number of rotatable bonds is 8. The van der Waals surface area contributed by atoms with Crippen LogP contribution in [-0.4, -0.2) is 40.6 Å². The van der Waals surface area contributed by atoms with Crippen LogP contribution in [0.15, 0.2) is 60.9 Å². The number of benzene rings is 2. The highest BCUT2D eigenvalue weighted by Gasteiger charge is 2.24. The van der Waals surface area contributed by atoms with Gasteiger partial charge in [0, 0.05) is 37.9 Å². The van der Waals surface area contributed by atoms with Gasteiger partial charge < -0.3 is 14.6 Å². The first-order valence-corrected chi connectivity index (χ1v) is 11.3. The number of amides is 1. The number of methoxy groups -OCH3 is 1. The van der Waals surface area contributed by atoms with Crippen molar-refractivity contribution in [3.8, 4) is 5.75 Å². The van der Waals surface area contributed by atoms with Gasteiger partial charge >= 0.3 is 0 Å². The topological polar surface area (TPSA) is 59.4 Å². The number of likely N-dealkylation sites (tertiary alicyclic amines) is 1. The van der Waals surface area contributed by atoms with E-state index in [-0.39, 0.29) is 11.8 Å². The molecule has 0 spiro atoms. The van der Waals surface area contributed by atoms with E-state index < -0.39 is 0 Å². The number of aromatic nitrogens is 2. The maximum atomic E-state index is 12.7. The first kappa shape index (κ1) is 22.1. The second-order valence-electron chi connectivity index (χ2n) is 8.54. The summed E-state index contributed by atoms with van der Waals surface area (Å²) in [6.07, 6.45) is 5.61. The molecule has 0 unspecified atom stereocenters. The van der Waals surface area contributed by atoms with E-state index >= 15 is 0 Å². The number of ether oxygens (including phenoxy) is 1. The van der Waals surface area contributed by atoms with E-state index in [1.807, 2.05) is 31.5 Å². The molecule has 2 aromatic carbocycles. The third-order valence-corrected chi connectivity index (χ3v) is 6.23. The van der Waals surface area contributed by atoms with Crippen molar-refractivity contribution in [3.63, 3.8) is 0 Å². The Bertz CT molecular complexity index is 1040. The van der Waals surface area contributed by atoms with Crippen LogP contribution in [0, 0.1) is 12.8 Å². The third-order valence-electron chi connectivity index (χ3n) is 6.23. The molecule has 3 aromatic rings. The molecule has 0 saturated carbocycles. The van der Waals surface area contributed by atoms with Crippen molar-refractivity contribution < 1.29 is 9.53 Å². The second kappa shape index (κ2) is 10.5. The second-order valence-corrected chi connectivity index (χ2v) is 8.54. The Morgan fingerprint density at radius 1 is 1.06 bits per heavy atom. The minimum Gasteiger partial charge on any atom is -0.497 e. The molecule has 0 atom stereocenters. The fourth-order valence-electron chi connectivity index (χ4n) is 4.32. The van der Waals surface area contributed by atoms with Crippen LogP contribution in [0.25, 0.3) is 0 Å². The molecule has 0 aliphatic carbocycles. The monoisotopic (exact) mass is 432 g/mol. The van der Waals surface area contributed by atoms with E-state index in [9.17, 15) is 4.79 Å². The summed E-state index contributed by atoms with van der Waals surface area (Å²) >= 11 is 0. The number of hydrogen-bond donors (Lipinski definition) is 1. The quantitative estimate of drug-likeness (QED) is 0.589. The summed E-state index contributed by atoms with van der Waals surface area (Å²) in [6, 6.07) is 16.6. The van der Waals surface area contributed by atoms with Gasteiger partial charge in [0.25, 0.3) is 0 Å². The molecule has 1 N–H and O–H groups in total. The molecule has 32 heavy (non-hydrogen) atoms. The van der Waals surface area contributed by atoms with Gasteiger partial charge in [0.1, 0.15) is 11.6 Å². The van der Waals surface area contributed by atoms with Crippen LogP contribution in [0.3, 0.4) is 0 Å². The number of aryl methyl sites for hydroxylation is 1. The van der Waals surface area contributed by atoms with Crippen molar-refractivity contribution >= 4 is 5.91 Å².